The number of halogens is 1. The highest BCUT2D eigenvalue weighted by atomic mass is 35.5. The first-order valence-electron chi connectivity index (χ1n) is 13.4. The Balaban J connectivity index is 1.21. The Morgan fingerprint density at radius 1 is 0.878 bits per heavy atom. The summed E-state index contributed by atoms with van der Waals surface area (Å²) in [5, 5.41) is 15.6. The molecule has 0 heterocycles. The quantitative estimate of drug-likeness (QED) is 0.208. The molecule has 4 aromatic rings. The Morgan fingerprint density at radius 2 is 1.51 bits per heavy atom. The number of hydrogen-bond acceptors (Lipinski definition) is 5. The minimum Gasteiger partial charge on any atom is -0.507 e. The molecule has 0 bridgehead atoms. The molecular formula is C33H29ClN2O5. The van der Waals surface area contributed by atoms with E-state index in [4.69, 9.17) is 16.3 Å². The van der Waals surface area contributed by atoms with Crippen LogP contribution in [0.2, 0.25) is 5.02 Å². The second-order valence-corrected chi connectivity index (χ2v) is 10.2. The topological polar surface area (TPSA) is 105 Å². The van der Waals surface area contributed by atoms with Crippen LogP contribution in [0.25, 0.3) is 11.1 Å². The molecule has 8 heteroatoms. The fraction of sp³-hybridized carbons (Fsp3) is 0.182. The number of anilines is 1. The van der Waals surface area contributed by atoms with Gasteiger partial charge in [-0.3, -0.25) is 9.59 Å². The van der Waals surface area contributed by atoms with Gasteiger partial charge in [0.1, 0.15) is 17.9 Å². The summed E-state index contributed by atoms with van der Waals surface area (Å²) in [6.45, 7) is 1.90. The molecule has 0 saturated carbocycles. The monoisotopic (exact) mass is 568 g/mol. The molecule has 208 valence electrons. The van der Waals surface area contributed by atoms with Gasteiger partial charge in [0.15, 0.2) is 5.78 Å². The van der Waals surface area contributed by atoms with Gasteiger partial charge < -0.3 is 20.5 Å². The van der Waals surface area contributed by atoms with Gasteiger partial charge in [-0.1, -0.05) is 85.3 Å². The number of fused-ring (bicyclic) bond motifs is 3. The van der Waals surface area contributed by atoms with Gasteiger partial charge in [-0.25, -0.2) is 4.79 Å². The van der Waals surface area contributed by atoms with Gasteiger partial charge in [-0.05, 0) is 58.5 Å². The van der Waals surface area contributed by atoms with Gasteiger partial charge >= 0.3 is 6.09 Å². The van der Waals surface area contributed by atoms with E-state index < -0.39 is 18.0 Å². The number of nitrogens with one attached hydrogen (secondary N) is 2. The number of carbonyl (C=O) groups is 3. The van der Waals surface area contributed by atoms with E-state index in [0.29, 0.717) is 5.69 Å². The second-order valence-electron chi connectivity index (χ2n) is 9.83. The number of Topliss-reactive ketones (excluding diaryl/α,β-unsaturated/α-hetero) is 1. The lowest BCUT2D eigenvalue weighted by Gasteiger charge is -2.19. The molecule has 1 aliphatic carbocycles. The zero-order valence-electron chi connectivity index (χ0n) is 22.4. The van der Waals surface area contributed by atoms with Crippen LogP contribution in [-0.4, -0.2) is 35.5 Å². The van der Waals surface area contributed by atoms with Gasteiger partial charge in [-0.15, -0.1) is 0 Å². The smallest absolute Gasteiger partial charge is 0.407 e. The first-order chi connectivity index (χ1) is 19.9. The lowest BCUT2D eigenvalue weighted by atomic mass is 9.98. The predicted molar refractivity (Wildman–Crippen MR) is 159 cm³/mol. The van der Waals surface area contributed by atoms with Crippen molar-refractivity contribution in [2.75, 3.05) is 11.9 Å². The first kappa shape index (κ1) is 27.9. The van der Waals surface area contributed by atoms with Crippen LogP contribution in [0.15, 0.2) is 91.0 Å². The average molecular weight is 569 g/mol. The van der Waals surface area contributed by atoms with Crippen molar-refractivity contribution in [3.63, 3.8) is 0 Å². The molecule has 0 aliphatic heterocycles. The van der Waals surface area contributed by atoms with Crippen LogP contribution in [0.3, 0.4) is 0 Å². The summed E-state index contributed by atoms with van der Waals surface area (Å²) in [6.07, 6.45) is -0.137. The summed E-state index contributed by atoms with van der Waals surface area (Å²) in [4.78, 5) is 38.2. The molecule has 0 spiro atoms. The Hall–Kier alpha value is -4.62. The molecule has 1 atom stereocenters. The van der Waals surface area contributed by atoms with Gasteiger partial charge in [0.2, 0.25) is 0 Å². The molecule has 0 saturated heterocycles. The van der Waals surface area contributed by atoms with E-state index in [1.54, 1.807) is 37.3 Å². The lowest BCUT2D eigenvalue weighted by molar-refractivity contribution is -0.120. The third-order valence-electron chi connectivity index (χ3n) is 7.24. The standard InChI is InChI=1S/C33H29ClN2O5/c1-2-29(37)28(18-20-14-16-21(17-15-20)35-32(39)31-27(34)12-7-13-30(31)38)36-33(40)41-19-26-24-10-5-3-8-22(24)23-9-4-6-11-25(23)26/h3-17,26,28,38H,2,18-19H2,1H3,(H,35,39)(H,36,40). The number of carbonyl (C=O) groups excluding carboxylic acids is 3. The minimum atomic E-state index is -0.767. The Morgan fingerprint density at radius 3 is 2.12 bits per heavy atom. The Kier molecular flexibility index (Phi) is 8.36. The number of phenols is 1. The Bertz CT molecular complexity index is 1540. The molecule has 2 amide bonds. The molecule has 7 nitrogen and oxygen atoms in total. The summed E-state index contributed by atoms with van der Waals surface area (Å²) in [5.41, 5.74) is 5.76. The molecule has 0 radical (unpaired) electrons. The van der Waals surface area contributed by atoms with Gasteiger partial charge in [0.25, 0.3) is 5.91 Å². The van der Waals surface area contributed by atoms with Crippen molar-refractivity contribution in [1.82, 2.24) is 5.32 Å². The van der Waals surface area contributed by atoms with Crippen LogP contribution >= 0.6 is 11.6 Å². The Labute approximate surface area is 243 Å². The van der Waals surface area contributed by atoms with E-state index in [1.807, 2.05) is 36.4 Å². The van der Waals surface area contributed by atoms with Crippen LogP contribution in [-0.2, 0) is 16.0 Å². The minimum absolute atomic E-state index is 0.0147. The van der Waals surface area contributed by atoms with Gasteiger partial charge in [0.05, 0.1) is 11.1 Å². The van der Waals surface area contributed by atoms with Crippen molar-refractivity contribution in [3.05, 3.63) is 118 Å². The molecular weight excluding hydrogens is 540 g/mol. The highest BCUT2D eigenvalue weighted by Crippen LogP contribution is 2.44. The molecule has 4 aromatic carbocycles. The summed E-state index contributed by atoms with van der Waals surface area (Å²) in [7, 11) is 0. The van der Waals surface area contributed by atoms with Gasteiger partial charge in [-0.2, -0.15) is 0 Å². The van der Waals surface area contributed by atoms with Crippen molar-refractivity contribution in [3.8, 4) is 16.9 Å². The number of rotatable bonds is 9. The number of phenolic OH excluding ortho intramolecular Hbond substituents is 1. The third kappa shape index (κ3) is 6.10. The van der Waals surface area contributed by atoms with Crippen molar-refractivity contribution in [1.29, 1.82) is 0 Å². The zero-order chi connectivity index (χ0) is 28.9. The van der Waals surface area contributed by atoms with E-state index in [0.717, 1.165) is 27.8 Å². The zero-order valence-corrected chi connectivity index (χ0v) is 23.2. The maximum absolute atomic E-state index is 12.8. The number of ether oxygens (including phenoxy) is 1. The SMILES string of the molecule is CCC(=O)C(Cc1ccc(NC(=O)c2c(O)cccc2Cl)cc1)NC(=O)OCC1c2ccccc2-c2ccccc21. The number of benzene rings is 4. The summed E-state index contributed by atoms with van der Waals surface area (Å²) >= 11 is 6.06. The fourth-order valence-corrected chi connectivity index (χ4v) is 5.42. The van der Waals surface area contributed by atoms with Crippen LogP contribution in [0.4, 0.5) is 10.5 Å². The first-order valence-corrected chi connectivity index (χ1v) is 13.8. The predicted octanol–water partition coefficient (Wildman–Crippen LogP) is 6.73. The molecule has 1 aliphatic rings. The maximum Gasteiger partial charge on any atom is 0.407 e. The van der Waals surface area contributed by atoms with Crippen molar-refractivity contribution < 1.29 is 24.2 Å². The molecule has 0 aromatic heterocycles. The summed E-state index contributed by atoms with van der Waals surface area (Å²) in [6, 6.07) is 26.8. The summed E-state index contributed by atoms with van der Waals surface area (Å²) in [5.74, 6) is -0.961. The third-order valence-corrected chi connectivity index (χ3v) is 7.56. The van der Waals surface area contributed by atoms with Gasteiger partial charge in [0, 0.05) is 18.0 Å². The molecule has 1 unspecified atom stereocenters. The van der Waals surface area contributed by atoms with E-state index in [-0.39, 0.29) is 47.5 Å². The molecule has 41 heavy (non-hydrogen) atoms. The molecule has 3 N–H and O–H groups in total. The van der Waals surface area contributed by atoms with Crippen molar-refractivity contribution in [2.45, 2.75) is 31.7 Å². The summed E-state index contributed by atoms with van der Waals surface area (Å²) < 4.78 is 5.65. The lowest BCUT2D eigenvalue weighted by Crippen LogP contribution is -2.42. The average Bonchev–Trinajstić information content (AvgIpc) is 3.30. The fourth-order valence-electron chi connectivity index (χ4n) is 5.17. The highest BCUT2D eigenvalue weighted by molar-refractivity contribution is 6.34. The van der Waals surface area contributed by atoms with Crippen LogP contribution in [0.5, 0.6) is 5.75 Å². The second kappa shape index (κ2) is 12.3. The molecule has 0 fully saturated rings. The number of alkyl carbamates (subject to hydrolysis) is 1. The van der Waals surface area contributed by atoms with Crippen LogP contribution in [0.1, 0.15) is 46.3 Å². The number of aromatic hydroxyl groups is 1. The molecule has 5 rings (SSSR count). The largest absolute Gasteiger partial charge is 0.507 e. The van der Waals surface area contributed by atoms with E-state index >= 15 is 0 Å². The van der Waals surface area contributed by atoms with E-state index in [1.165, 1.54) is 12.1 Å². The van der Waals surface area contributed by atoms with E-state index in [2.05, 4.69) is 22.8 Å². The van der Waals surface area contributed by atoms with Crippen LogP contribution in [0, 0.1) is 0 Å². The number of ketones is 1. The van der Waals surface area contributed by atoms with Crippen LogP contribution < -0.4 is 10.6 Å². The van der Waals surface area contributed by atoms with E-state index in [9.17, 15) is 19.5 Å². The number of hydrogen-bond donors (Lipinski definition) is 3. The normalized spacial score (nSPS) is 12.6. The number of amides is 2. The maximum atomic E-state index is 12.8. The highest BCUT2D eigenvalue weighted by Gasteiger charge is 2.29. The van der Waals surface area contributed by atoms with Crippen molar-refractivity contribution in [2.24, 2.45) is 0 Å². The van der Waals surface area contributed by atoms with Crippen molar-refractivity contribution >= 4 is 35.1 Å².